The Balaban J connectivity index is 1.60. The number of methoxy groups -OCH3 is 1. The Morgan fingerprint density at radius 1 is 1.32 bits per heavy atom. The van der Waals surface area contributed by atoms with Gasteiger partial charge in [0.15, 0.2) is 9.47 Å². The van der Waals surface area contributed by atoms with Crippen LogP contribution in [0.2, 0.25) is 0 Å². The molecule has 0 aliphatic carbocycles. The average Bonchev–Trinajstić information content (AvgIpc) is 3.18. The van der Waals surface area contributed by atoms with Crippen molar-refractivity contribution in [3.63, 3.8) is 0 Å². The van der Waals surface area contributed by atoms with Crippen molar-refractivity contribution in [2.75, 3.05) is 18.2 Å². The van der Waals surface area contributed by atoms with Crippen LogP contribution in [0.25, 0.3) is 10.2 Å². The lowest BCUT2D eigenvalue weighted by molar-refractivity contribution is -0.113. The molecule has 3 aromatic rings. The summed E-state index contributed by atoms with van der Waals surface area (Å²) in [4.78, 5) is 21.2. The molecule has 0 radical (unpaired) electrons. The summed E-state index contributed by atoms with van der Waals surface area (Å²) in [5.41, 5.74) is 1.93. The summed E-state index contributed by atoms with van der Waals surface area (Å²) in [7, 11) is 1.63. The summed E-state index contributed by atoms with van der Waals surface area (Å²) < 4.78 is 7.10. The number of anilines is 1. The Bertz CT molecular complexity index is 896. The fourth-order valence-corrected chi connectivity index (χ4v) is 4.80. The van der Waals surface area contributed by atoms with Crippen LogP contribution in [0, 0.1) is 0 Å². The molecule has 0 aliphatic rings. The number of thiazole rings is 2. The van der Waals surface area contributed by atoms with E-state index in [0.29, 0.717) is 10.9 Å². The number of nitrogens with one attached hydrogen (secondary N) is 1. The quantitative estimate of drug-likeness (QED) is 0.632. The number of thioether (sulfide) groups is 1. The lowest BCUT2D eigenvalue weighted by Gasteiger charge is -2.14. The number of rotatable bonds is 5. The molecule has 0 unspecified atom stereocenters. The van der Waals surface area contributed by atoms with Crippen LogP contribution in [0.5, 0.6) is 5.75 Å². The molecule has 0 saturated carbocycles. The highest BCUT2D eigenvalue weighted by Gasteiger charge is 2.18. The summed E-state index contributed by atoms with van der Waals surface area (Å²) in [6, 6.07) is 5.67. The van der Waals surface area contributed by atoms with Gasteiger partial charge in [-0.2, -0.15) is 0 Å². The minimum absolute atomic E-state index is 0.0274. The van der Waals surface area contributed by atoms with E-state index < -0.39 is 0 Å². The molecule has 0 bridgehead atoms. The molecule has 0 aliphatic heterocycles. The fourth-order valence-electron chi connectivity index (χ4n) is 2.04. The number of aromatic nitrogens is 2. The number of ether oxygens (including phenoxy) is 1. The molecule has 2 heterocycles. The van der Waals surface area contributed by atoms with Gasteiger partial charge in [-0.1, -0.05) is 43.9 Å². The number of benzene rings is 1. The van der Waals surface area contributed by atoms with Crippen LogP contribution in [0.3, 0.4) is 0 Å². The molecule has 0 atom stereocenters. The van der Waals surface area contributed by atoms with E-state index in [1.807, 2.05) is 18.2 Å². The van der Waals surface area contributed by atoms with E-state index in [0.717, 1.165) is 26.0 Å². The van der Waals surface area contributed by atoms with Crippen LogP contribution in [-0.4, -0.2) is 28.7 Å². The molecule has 1 aromatic carbocycles. The van der Waals surface area contributed by atoms with Crippen molar-refractivity contribution in [2.24, 2.45) is 0 Å². The first-order valence-electron chi connectivity index (χ1n) is 7.68. The Labute approximate surface area is 158 Å². The maximum absolute atomic E-state index is 12.2. The van der Waals surface area contributed by atoms with E-state index in [4.69, 9.17) is 4.74 Å². The van der Waals surface area contributed by atoms with E-state index in [-0.39, 0.29) is 11.3 Å². The third-order valence-corrected chi connectivity index (χ3v) is 6.37. The van der Waals surface area contributed by atoms with Gasteiger partial charge in [-0.25, -0.2) is 9.97 Å². The number of carbonyl (C=O) groups excluding carboxylic acids is 1. The second kappa shape index (κ2) is 7.31. The second-order valence-electron chi connectivity index (χ2n) is 6.44. The second-order valence-corrected chi connectivity index (χ2v) is 9.55. The topological polar surface area (TPSA) is 64.1 Å². The predicted molar refractivity (Wildman–Crippen MR) is 106 cm³/mol. The van der Waals surface area contributed by atoms with Crippen LogP contribution >= 0.6 is 34.4 Å². The SMILES string of the molecule is COc1ccc2nc(NC(=O)CSc3nc(C(C)(C)C)cs3)sc2c1. The van der Waals surface area contributed by atoms with E-state index in [2.05, 4.69) is 41.4 Å². The largest absolute Gasteiger partial charge is 0.497 e. The molecule has 0 fully saturated rings. The highest BCUT2D eigenvalue weighted by molar-refractivity contribution is 8.01. The van der Waals surface area contributed by atoms with Crippen molar-refractivity contribution in [3.05, 3.63) is 29.3 Å². The molecule has 25 heavy (non-hydrogen) atoms. The van der Waals surface area contributed by atoms with Gasteiger partial charge in [0.2, 0.25) is 5.91 Å². The minimum Gasteiger partial charge on any atom is -0.497 e. The number of hydrogen-bond donors (Lipinski definition) is 1. The Hall–Kier alpha value is -1.64. The lowest BCUT2D eigenvalue weighted by Crippen LogP contribution is -2.14. The van der Waals surface area contributed by atoms with Gasteiger partial charge in [0.05, 0.1) is 28.8 Å². The molecule has 2 aromatic heterocycles. The van der Waals surface area contributed by atoms with Gasteiger partial charge in [-0.3, -0.25) is 4.79 Å². The number of carbonyl (C=O) groups is 1. The molecule has 0 spiro atoms. The van der Waals surface area contributed by atoms with Gasteiger partial charge in [0.25, 0.3) is 0 Å². The maximum atomic E-state index is 12.2. The number of amides is 1. The van der Waals surface area contributed by atoms with Crippen molar-refractivity contribution in [1.29, 1.82) is 0 Å². The smallest absolute Gasteiger partial charge is 0.236 e. The lowest BCUT2D eigenvalue weighted by atomic mass is 9.93. The van der Waals surface area contributed by atoms with Gasteiger partial charge in [0.1, 0.15) is 5.75 Å². The van der Waals surface area contributed by atoms with Crippen molar-refractivity contribution in [2.45, 2.75) is 30.5 Å². The predicted octanol–water partition coefficient (Wildman–Crippen LogP) is 4.79. The number of nitrogens with zero attached hydrogens (tertiary/aromatic N) is 2. The summed E-state index contributed by atoms with van der Waals surface area (Å²) in [6.45, 7) is 6.39. The summed E-state index contributed by atoms with van der Waals surface area (Å²) >= 11 is 4.47. The van der Waals surface area contributed by atoms with Crippen LogP contribution in [0.4, 0.5) is 5.13 Å². The van der Waals surface area contributed by atoms with Gasteiger partial charge in [0, 0.05) is 10.8 Å². The zero-order chi connectivity index (χ0) is 18.0. The first kappa shape index (κ1) is 18.2. The number of hydrogen-bond acceptors (Lipinski definition) is 7. The Kier molecular flexibility index (Phi) is 5.31. The zero-order valence-electron chi connectivity index (χ0n) is 14.5. The summed E-state index contributed by atoms with van der Waals surface area (Å²) in [5, 5.41) is 5.52. The highest BCUT2D eigenvalue weighted by atomic mass is 32.2. The standard InChI is InChI=1S/C17H19N3O2S3/c1-17(2,3)13-8-23-16(19-13)24-9-14(21)20-15-18-11-6-5-10(22-4)7-12(11)25-15/h5-8H,9H2,1-4H3,(H,18,20,21). The van der Waals surface area contributed by atoms with Crippen molar-refractivity contribution in [1.82, 2.24) is 9.97 Å². The third-order valence-electron chi connectivity index (χ3n) is 3.42. The van der Waals surface area contributed by atoms with Gasteiger partial charge in [-0.05, 0) is 18.2 Å². The van der Waals surface area contributed by atoms with E-state index in [1.54, 1.807) is 18.4 Å². The van der Waals surface area contributed by atoms with Crippen molar-refractivity contribution < 1.29 is 9.53 Å². The van der Waals surface area contributed by atoms with Crippen molar-refractivity contribution >= 4 is 55.7 Å². The van der Waals surface area contributed by atoms with Gasteiger partial charge in [-0.15, -0.1) is 11.3 Å². The van der Waals surface area contributed by atoms with E-state index in [1.165, 1.54) is 23.1 Å². The highest BCUT2D eigenvalue weighted by Crippen LogP contribution is 2.31. The summed E-state index contributed by atoms with van der Waals surface area (Å²) in [5.74, 6) is 1.02. The monoisotopic (exact) mass is 393 g/mol. The molecule has 3 rings (SSSR count). The molecule has 1 amide bonds. The molecule has 1 N–H and O–H groups in total. The van der Waals surface area contributed by atoms with Crippen LogP contribution in [0.15, 0.2) is 27.9 Å². The molecular weight excluding hydrogens is 374 g/mol. The average molecular weight is 394 g/mol. The van der Waals surface area contributed by atoms with Crippen LogP contribution < -0.4 is 10.1 Å². The normalized spacial score (nSPS) is 11.7. The Morgan fingerprint density at radius 2 is 2.12 bits per heavy atom. The maximum Gasteiger partial charge on any atom is 0.236 e. The summed E-state index contributed by atoms with van der Waals surface area (Å²) in [6.07, 6.45) is 0. The molecule has 0 saturated heterocycles. The van der Waals surface area contributed by atoms with Crippen molar-refractivity contribution in [3.8, 4) is 5.75 Å². The third kappa shape index (κ3) is 4.50. The molecule has 132 valence electrons. The first-order chi connectivity index (χ1) is 11.8. The fraction of sp³-hybridized carbons (Fsp3) is 0.353. The van der Waals surface area contributed by atoms with E-state index in [9.17, 15) is 4.79 Å². The van der Waals surface area contributed by atoms with Gasteiger partial charge < -0.3 is 10.1 Å². The minimum atomic E-state index is -0.0801. The zero-order valence-corrected chi connectivity index (χ0v) is 16.9. The molecule has 8 heteroatoms. The van der Waals surface area contributed by atoms with Crippen LogP contribution in [0.1, 0.15) is 26.5 Å². The Morgan fingerprint density at radius 3 is 2.80 bits per heavy atom. The molecule has 5 nitrogen and oxygen atoms in total. The van der Waals surface area contributed by atoms with Crippen LogP contribution in [-0.2, 0) is 10.2 Å². The number of fused-ring (bicyclic) bond motifs is 1. The van der Waals surface area contributed by atoms with Gasteiger partial charge >= 0.3 is 0 Å². The molecular formula is C17H19N3O2S3. The van der Waals surface area contributed by atoms with E-state index >= 15 is 0 Å². The first-order valence-corrected chi connectivity index (χ1v) is 10.4.